The van der Waals surface area contributed by atoms with Crippen molar-refractivity contribution in [3.8, 4) is 6.07 Å². The minimum Gasteiger partial charge on any atom is -0.329 e. The minimum absolute atomic E-state index is 0.132. The van der Waals surface area contributed by atoms with Gasteiger partial charge in [0.25, 0.3) is 0 Å². The van der Waals surface area contributed by atoms with E-state index in [1.807, 2.05) is 0 Å². The number of hydrogen-bond acceptors (Lipinski definition) is 4. The van der Waals surface area contributed by atoms with E-state index in [1.54, 1.807) is 13.0 Å². The van der Waals surface area contributed by atoms with Crippen LogP contribution in [0.1, 0.15) is 18.9 Å². The quantitative estimate of drug-likeness (QED) is 0.824. The van der Waals surface area contributed by atoms with E-state index in [4.69, 9.17) is 11.0 Å². The Balaban J connectivity index is 3.22. The lowest BCUT2D eigenvalue weighted by atomic mass is 10.2. The summed E-state index contributed by atoms with van der Waals surface area (Å²) in [6, 6.07) is 4.59. The highest BCUT2D eigenvalue weighted by atomic mass is 32.2. The second kappa shape index (κ2) is 5.91. The molecular formula is C11H14FN3O2S. The van der Waals surface area contributed by atoms with Crippen LogP contribution >= 0.6 is 0 Å². The van der Waals surface area contributed by atoms with E-state index in [2.05, 4.69) is 4.72 Å². The number of sulfonamides is 1. The number of halogens is 1. The number of nitriles is 1. The maximum atomic E-state index is 13.3. The Morgan fingerprint density at radius 3 is 2.72 bits per heavy atom. The van der Waals surface area contributed by atoms with Crippen molar-refractivity contribution in [2.75, 3.05) is 6.54 Å². The first kappa shape index (κ1) is 14.6. The molecule has 0 radical (unpaired) electrons. The van der Waals surface area contributed by atoms with Crippen molar-refractivity contribution in [3.63, 3.8) is 0 Å². The molecule has 1 aromatic carbocycles. The number of nitrogens with two attached hydrogens (primary N) is 1. The third-order valence-electron chi connectivity index (χ3n) is 2.48. The van der Waals surface area contributed by atoms with Crippen LogP contribution in [0, 0.1) is 17.1 Å². The zero-order valence-corrected chi connectivity index (χ0v) is 10.7. The normalized spacial score (nSPS) is 13.0. The fraction of sp³-hybridized carbons (Fsp3) is 0.364. The third-order valence-corrected chi connectivity index (χ3v) is 4.04. The van der Waals surface area contributed by atoms with Gasteiger partial charge in [-0.15, -0.1) is 0 Å². The van der Waals surface area contributed by atoms with Crippen molar-refractivity contribution in [2.45, 2.75) is 24.3 Å². The van der Waals surface area contributed by atoms with Gasteiger partial charge in [0.15, 0.2) is 0 Å². The van der Waals surface area contributed by atoms with Gasteiger partial charge in [-0.05, 0) is 18.6 Å². The Labute approximate surface area is 105 Å². The average Bonchev–Trinajstić information content (AvgIpc) is 2.35. The monoisotopic (exact) mass is 271 g/mol. The summed E-state index contributed by atoms with van der Waals surface area (Å²) >= 11 is 0. The first-order valence-electron chi connectivity index (χ1n) is 5.37. The molecule has 1 rings (SSSR count). The fourth-order valence-corrected chi connectivity index (χ4v) is 2.92. The van der Waals surface area contributed by atoms with Gasteiger partial charge in [0.2, 0.25) is 10.0 Å². The van der Waals surface area contributed by atoms with Gasteiger partial charge in [0, 0.05) is 12.6 Å². The zero-order valence-electron chi connectivity index (χ0n) is 9.85. The maximum absolute atomic E-state index is 13.3. The summed E-state index contributed by atoms with van der Waals surface area (Å²) < 4.78 is 39.7. The molecule has 7 heteroatoms. The molecule has 98 valence electrons. The van der Waals surface area contributed by atoms with Crippen LogP contribution in [0.15, 0.2) is 23.1 Å². The molecule has 0 bridgehead atoms. The first-order chi connectivity index (χ1) is 8.46. The lowest BCUT2D eigenvalue weighted by Crippen LogP contribution is -2.39. The summed E-state index contributed by atoms with van der Waals surface area (Å²) in [6.07, 6.45) is 0.507. The van der Waals surface area contributed by atoms with Crippen LogP contribution in [0.4, 0.5) is 4.39 Å². The summed E-state index contributed by atoms with van der Waals surface area (Å²) in [5, 5.41) is 8.80. The van der Waals surface area contributed by atoms with Gasteiger partial charge in [0.05, 0.1) is 0 Å². The van der Waals surface area contributed by atoms with Gasteiger partial charge in [-0.25, -0.2) is 17.5 Å². The van der Waals surface area contributed by atoms with E-state index in [0.29, 0.717) is 6.42 Å². The van der Waals surface area contributed by atoms with E-state index in [0.717, 1.165) is 6.07 Å². The molecule has 0 aliphatic rings. The predicted molar refractivity (Wildman–Crippen MR) is 64.6 cm³/mol. The molecule has 0 heterocycles. The topological polar surface area (TPSA) is 96.0 Å². The first-order valence-corrected chi connectivity index (χ1v) is 6.85. The van der Waals surface area contributed by atoms with E-state index < -0.39 is 27.4 Å². The molecule has 0 saturated carbocycles. The van der Waals surface area contributed by atoms with E-state index in [-0.39, 0.29) is 11.4 Å². The minimum atomic E-state index is -3.94. The molecule has 0 fully saturated rings. The zero-order chi connectivity index (χ0) is 13.8. The Hall–Kier alpha value is -1.49. The van der Waals surface area contributed by atoms with Crippen molar-refractivity contribution < 1.29 is 12.8 Å². The van der Waals surface area contributed by atoms with Gasteiger partial charge in [0.1, 0.15) is 22.3 Å². The number of rotatable bonds is 5. The summed E-state index contributed by atoms with van der Waals surface area (Å²) in [4.78, 5) is -0.364. The van der Waals surface area contributed by atoms with Crippen molar-refractivity contribution in [1.82, 2.24) is 4.72 Å². The molecule has 1 unspecified atom stereocenters. The smallest absolute Gasteiger partial charge is 0.242 e. The lowest BCUT2D eigenvalue weighted by Gasteiger charge is -2.15. The fourth-order valence-electron chi connectivity index (χ4n) is 1.42. The summed E-state index contributed by atoms with van der Waals surface area (Å²) in [7, 11) is -3.94. The van der Waals surface area contributed by atoms with Gasteiger partial charge in [-0.3, -0.25) is 0 Å². The molecule has 5 nitrogen and oxygen atoms in total. The molecule has 0 aromatic heterocycles. The predicted octanol–water partition coefficient (Wildman–Crippen LogP) is 0.713. The summed E-state index contributed by atoms with van der Waals surface area (Å²) in [6.45, 7) is 1.91. The summed E-state index contributed by atoms with van der Waals surface area (Å²) in [5.41, 5.74) is 4.91. The van der Waals surface area contributed by atoms with Crippen molar-refractivity contribution in [2.24, 2.45) is 5.73 Å². The lowest BCUT2D eigenvalue weighted by molar-refractivity contribution is 0.540. The van der Waals surface area contributed by atoms with Crippen LogP contribution < -0.4 is 10.5 Å². The van der Waals surface area contributed by atoms with E-state index in [1.165, 1.54) is 12.1 Å². The number of nitrogens with zero attached hydrogens (tertiary/aromatic N) is 1. The Bertz CT molecular complexity index is 562. The second-order valence-electron chi connectivity index (χ2n) is 3.69. The van der Waals surface area contributed by atoms with Crippen molar-refractivity contribution >= 4 is 10.0 Å². The van der Waals surface area contributed by atoms with Gasteiger partial charge in [-0.2, -0.15) is 5.26 Å². The van der Waals surface area contributed by atoms with Crippen LogP contribution in [0.5, 0.6) is 0 Å². The highest BCUT2D eigenvalue weighted by Gasteiger charge is 2.23. The molecule has 0 saturated heterocycles. The van der Waals surface area contributed by atoms with Crippen LogP contribution in [0.3, 0.4) is 0 Å². The maximum Gasteiger partial charge on any atom is 0.242 e. The molecule has 1 aromatic rings. The number of nitrogens with one attached hydrogen (secondary N) is 1. The number of benzene rings is 1. The molecule has 18 heavy (non-hydrogen) atoms. The van der Waals surface area contributed by atoms with Crippen LogP contribution in [0.25, 0.3) is 0 Å². The standard InChI is InChI=1S/C11H14FN3O2S/c1-2-8(6-13)15-18(16,17)11-5-3-4-10(12)9(11)7-14/h3-5,8,15H,2,6,13H2,1H3. The molecule has 3 N–H and O–H groups in total. The van der Waals surface area contributed by atoms with Crippen LogP contribution in [-0.4, -0.2) is 21.0 Å². The van der Waals surface area contributed by atoms with Crippen LogP contribution in [0.2, 0.25) is 0 Å². The third kappa shape index (κ3) is 3.04. The molecular weight excluding hydrogens is 257 g/mol. The van der Waals surface area contributed by atoms with Crippen molar-refractivity contribution in [1.29, 1.82) is 5.26 Å². The SMILES string of the molecule is CCC(CN)NS(=O)(=O)c1cccc(F)c1C#N. The van der Waals surface area contributed by atoms with Crippen molar-refractivity contribution in [3.05, 3.63) is 29.6 Å². The van der Waals surface area contributed by atoms with E-state index >= 15 is 0 Å². The molecule has 1 atom stereocenters. The van der Waals surface area contributed by atoms with Gasteiger partial charge < -0.3 is 5.73 Å². The molecule has 0 spiro atoms. The van der Waals surface area contributed by atoms with Gasteiger partial charge >= 0.3 is 0 Å². The second-order valence-corrected chi connectivity index (χ2v) is 5.37. The molecule has 0 amide bonds. The van der Waals surface area contributed by atoms with Gasteiger partial charge in [-0.1, -0.05) is 13.0 Å². The highest BCUT2D eigenvalue weighted by molar-refractivity contribution is 7.89. The number of hydrogen-bond donors (Lipinski definition) is 2. The largest absolute Gasteiger partial charge is 0.329 e. The van der Waals surface area contributed by atoms with E-state index in [9.17, 15) is 12.8 Å². The Morgan fingerprint density at radius 2 is 2.22 bits per heavy atom. The highest BCUT2D eigenvalue weighted by Crippen LogP contribution is 2.18. The Kier molecular flexibility index (Phi) is 4.78. The molecule has 0 aliphatic heterocycles. The summed E-state index contributed by atoms with van der Waals surface area (Å²) in [5.74, 6) is -0.860. The van der Waals surface area contributed by atoms with Crippen LogP contribution in [-0.2, 0) is 10.0 Å². The Morgan fingerprint density at radius 1 is 1.56 bits per heavy atom. The molecule has 0 aliphatic carbocycles. The average molecular weight is 271 g/mol.